The van der Waals surface area contributed by atoms with Crippen molar-refractivity contribution in [1.82, 2.24) is 0 Å². The molecule has 0 atom stereocenters. The fraction of sp³-hybridized carbons (Fsp3) is 0.182. The van der Waals surface area contributed by atoms with E-state index in [2.05, 4.69) is 0 Å². The van der Waals surface area contributed by atoms with E-state index >= 15 is 0 Å². The van der Waals surface area contributed by atoms with Gasteiger partial charge in [0.1, 0.15) is 11.6 Å². The number of aliphatic carboxylic acids is 1. The highest BCUT2D eigenvalue weighted by atomic mass is 19.1. The van der Waals surface area contributed by atoms with Crippen molar-refractivity contribution in [3.8, 4) is 5.75 Å². The molecule has 0 aliphatic rings. The summed E-state index contributed by atoms with van der Waals surface area (Å²) in [6.45, 7) is 2.92. The molecule has 0 aliphatic carbocycles. The Labute approximate surface area is 86.5 Å². The Balaban J connectivity index is 3.26. The van der Waals surface area contributed by atoms with Gasteiger partial charge in [-0.15, -0.1) is 0 Å². The minimum Gasteiger partial charge on any atom is -0.507 e. The molecular weight excluding hydrogens is 199 g/mol. The average molecular weight is 210 g/mol. The van der Waals surface area contributed by atoms with Gasteiger partial charge in [0.15, 0.2) is 0 Å². The summed E-state index contributed by atoms with van der Waals surface area (Å²) in [5.74, 6) is -1.71. The molecular formula is C11H11FO3. The van der Waals surface area contributed by atoms with Crippen LogP contribution in [0.25, 0.3) is 6.08 Å². The fourth-order valence-electron chi connectivity index (χ4n) is 1.17. The topological polar surface area (TPSA) is 57.5 Å². The van der Waals surface area contributed by atoms with Crippen LogP contribution in [0.2, 0.25) is 0 Å². The molecule has 1 aromatic rings. The molecule has 15 heavy (non-hydrogen) atoms. The predicted octanol–water partition coefficient (Wildman–Crippen LogP) is 2.33. The molecule has 0 unspecified atom stereocenters. The number of carboxylic acids is 1. The van der Waals surface area contributed by atoms with Crippen molar-refractivity contribution < 1.29 is 19.4 Å². The Kier molecular flexibility index (Phi) is 3.09. The molecule has 0 saturated carbocycles. The van der Waals surface area contributed by atoms with Crippen LogP contribution in [-0.4, -0.2) is 16.2 Å². The number of hydrogen-bond acceptors (Lipinski definition) is 2. The monoisotopic (exact) mass is 210 g/mol. The second-order valence-corrected chi connectivity index (χ2v) is 3.29. The maximum absolute atomic E-state index is 13.0. The number of phenolic OH excluding ortho intramolecular Hbond substituents is 1. The summed E-state index contributed by atoms with van der Waals surface area (Å²) in [5, 5.41) is 18.2. The van der Waals surface area contributed by atoms with Gasteiger partial charge in [-0.3, -0.25) is 0 Å². The molecule has 2 N–H and O–H groups in total. The molecule has 0 spiro atoms. The fourth-order valence-corrected chi connectivity index (χ4v) is 1.17. The van der Waals surface area contributed by atoms with E-state index in [4.69, 9.17) is 5.11 Å². The molecule has 0 bridgehead atoms. The van der Waals surface area contributed by atoms with E-state index in [9.17, 15) is 14.3 Å². The van der Waals surface area contributed by atoms with Gasteiger partial charge in [0.25, 0.3) is 0 Å². The average Bonchev–Trinajstić information content (AvgIpc) is 2.13. The van der Waals surface area contributed by atoms with Crippen molar-refractivity contribution in [3.05, 3.63) is 34.6 Å². The summed E-state index contributed by atoms with van der Waals surface area (Å²) in [5.41, 5.74) is 0.585. The van der Waals surface area contributed by atoms with Crippen molar-refractivity contribution in [2.24, 2.45) is 0 Å². The molecule has 4 heteroatoms. The first kappa shape index (κ1) is 11.2. The molecule has 0 amide bonds. The Morgan fingerprint density at radius 2 is 2.07 bits per heavy atom. The predicted molar refractivity (Wildman–Crippen MR) is 54.1 cm³/mol. The van der Waals surface area contributed by atoms with E-state index in [0.717, 1.165) is 6.07 Å². The van der Waals surface area contributed by atoms with Gasteiger partial charge in [-0.2, -0.15) is 0 Å². The number of phenols is 1. The number of benzene rings is 1. The SMILES string of the molecule is C/C(=C\c1cc(F)cc(C)c1O)C(=O)O. The summed E-state index contributed by atoms with van der Waals surface area (Å²) in [4.78, 5) is 10.5. The van der Waals surface area contributed by atoms with Crippen molar-refractivity contribution in [2.45, 2.75) is 13.8 Å². The lowest BCUT2D eigenvalue weighted by Gasteiger charge is -2.04. The Morgan fingerprint density at radius 1 is 1.47 bits per heavy atom. The van der Waals surface area contributed by atoms with Crippen LogP contribution in [0.3, 0.4) is 0 Å². The second kappa shape index (κ2) is 4.13. The second-order valence-electron chi connectivity index (χ2n) is 3.29. The first-order valence-corrected chi connectivity index (χ1v) is 4.32. The molecule has 80 valence electrons. The number of aromatic hydroxyl groups is 1. The maximum Gasteiger partial charge on any atom is 0.331 e. The van der Waals surface area contributed by atoms with Crippen LogP contribution in [0.5, 0.6) is 5.75 Å². The Bertz CT molecular complexity index is 436. The van der Waals surface area contributed by atoms with Gasteiger partial charge < -0.3 is 10.2 Å². The first-order valence-electron chi connectivity index (χ1n) is 4.32. The van der Waals surface area contributed by atoms with Gasteiger partial charge in [0.05, 0.1) is 0 Å². The van der Waals surface area contributed by atoms with E-state index in [1.165, 1.54) is 19.1 Å². The molecule has 1 aromatic carbocycles. The number of halogens is 1. The van der Waals surface area contributed by atoms with Crippen molar-refractivity contribution in [3.63, 3.8) is 0 Å². The van der Waals surface area contributed by atoms with Gasteiger partial charge in [-0.25, -0.2) is 9.18 Å². The van der Waals surface area contributed by atoms with Crippen molar-refractivity contribution in [2.75, 3.05) is 0 Å². The van der Waals surface area contributed by atoms with Gasteiger partial charge in [-0.05, 0) is 37.6 Å². The van der Waals surface area contributed by atoms with Gasteiger partial charge in [0, 0.05) is 11.1 Å². The molecule has 1 rings (SSSR count). The Morgan fingerprint density at radius 3 is 2.60 bits per heavy atom. The third-order valence-corrected chi connectivity index (χ3v) is 2.00. The van der Waals surface area contributed by atoms with Crippen LogP contribution in [0, 0.1) is 12.7 Å². The lowest BCUT2D eigenvalue weighted by molar-refractivity contribution is -0.132. The smallest absolute Gasteiger partial charge is 0.331 e. The summed E-state index contributed by atoms with van der Waals surface area (Å²) in [6, 6.07) is 2.28. The molecule has 0 radical (unpaired) electrons. The summed E-state index contributed by atoms with van der Waals surface area (Å²) >= 11 is 0. The van der Waals surface area contributed by atoms with Crippen LogP contribution in [0.4, 0.5) is 4.39 Å². The highest BCUT2D eigenvalue weighted by molar-refractivity contribution is 5.91. The number of hydrogen-bond donors (Lipinski definition) is 2. The molecule has 0 heterocycles. The number of rotatable bonds is 2. The van der Waals surface area contributed by atoms with Crippen molar-refractivity contribution >= 4 is 12.0 Å². The zero-order valence-electron chi connectivity index (χ0n) is 8.41. The zero-order chi connectivity index (χ0) is 11.6. The lowest BCUT2D eigenvalue weighted by atomic mass is 10.1. The highest BCUT2D eigenvalue weighted by Gasteiger charge is 2.07. The number of carbonyl (C=O) groups is 1. The zero-order valence-corrected chi connectivity index (χ0v) is 8.41. The van der Waals surface area contributed by atoms with E-state index < -0.39 is 11.8 Å². The summed E-state index contributed by atoms with van der Waals surface area (Å²) in [7, 11) is 0. The summed E-state index contributed by atoms with van der Waals surface area (Å²) in [6.07, 6.45) is 1.23. The van der Waals surface area contributed by atoms with E-state index in [0.29, 0.717) is 5.56 Å². The van der Waals surface area contributed by atoms with Crippen molar-refractivity contribution in [1.29, 1.82) is 0 Å². The van der Waals surface area contributed by atoms with Gasteiger partial charge >= 0.3 is 5.97 Å². The summed E-state index contributed by atoms with van der Waals surface area (Å²) < 4.78 is 13.0. The van der Waals surface area contributed by atoms with Crippen LogP contribution in [-0.2, 0) is 4.79 Å². The third kappa shape index (κ3) is 2.56. The van der Waals surface area contributed by atoms with E-state index in [1.54, 1.807) is 6.92 Å². The molecule has 0 saturated heterocycles. The van der Waals surface area contributed by atoms with E-state index in [-0.39, 0.29) is 16.9 Å². The van der Waals surface area contributed by atoms with Crippen LogP contribution < -0.4 is 0 Å². The molecule has 3 nitrogen and oxygen atoms in total. The minimum atomic E-state index is -1.10. The lowest BCUT2D eigenvalue weighted by Crippen LogP contribution is -1.96. The van der Waals surface area contributed by atoms with Gasteiger partial charge in [-0.1, -0.05) is 0 Å². The standard InChI is InChI=1S/C11H11FO3/c1-6-4-9(12)5-8(10(6)13)3-7(2)11(14)15/h3-5,13H,1-2H3,(H,14,15)/b7-3+. The molecule has 0 aromatic heterocycles. The first-order chi connectivity index (χ1) is 6.91. The van der Waals surface area contributed by atoms with E-state index in [1.807, 2.05) is 0 Å². The van der Waals surface area contributed by atoms with Crippen LogP contribution in [0.1, 0.15) is 18.1 Å². The van der Waals surface area contributed by atoms with Crippen LogP contribution in [0.15, 0.2) is 17.7 Å². The van der Waals surface area contributed by atoms with Gasteiger partial charge in [0.2, 0.25) is 0 Å². The third-order valence-electron chi connectivity index (χ3n) is 2.00. The largest absolute Gasteiger partial charge is 0.507 e. The maximum atomic E-state index is 13.0. The highest BCUT2D eigenvalue weighted by Crippen LogP contribution is 2.25. The minimum absolute atomic E-state index is 0.0373. The molecule has 0 fully saturated rings. The number of carboxylic acid groups (broad SMARTS) is 1. The molecule has 0 aliphatic heterocycles. The normalized spacial score (nSPS) is 11.5. The quantitative estimate of drug-likeness (QED) is 0.736. The Hall–Kier alpha value is -1.84. The number of aryl methyl sites for hydroxylation is 1. The van der Waals surface area contributed by atoms with Crippen LogP contribution >= 0.6 is 0 Å².